The van der Waals surface area contributed by atoms with E-state index in [0.717, 1.165) is 16.5 Å². The van der Waals surface area contributed by atoms with E-state index in [1.807, 2.05) is 50.3 Å². The number of fused-ring (bicyclic) bond motifs is 1. The number of nitrogens with two attached hydrogens (primary N) is 1. The number of benzene rings is 1. The topological polar surface area (TPSA) is 41.8 Å². The molecule has 0 atom stereocenters. The van der Waals surface area contributed by atoms with Gasteiger partial charge in [-0.25, -0.2) is 0 Å². The second-order valence-electron chi connectivity index (χ2n) is 3.09. The fourth-order valence-corrected chi connectivity index (χ4v) is 1.53. The average Bonchev–Trinajstić information content (AvgIpc) is 2.65. The van der Waals surface area contributed by atoms with Gasteiger partial charge in [0.1, 0.15) is 5.82 Å². The number of H-pyrrole nitrogens is 1. The van der Waals surface area contributed by atoms with Gasteiger partial charge in [0, 0.05) is 16.5 Å². The van der Waals surface area contributed by atoms with Crippen LogP contribution in [0.15, 0.2) is 43.0 Å². The Morgan fingerprint density at radius 1 is 1.25 bits per heavy atom. The van der Waals surface area contributed by atoms with Crippen molar-refractivity contribution in [1.82, 2.24) is 4.98 Å². The van der Waals surface area contributed by atoms with E-state index < -0.39 is 0 Å². The third-order valence-electron chi connectivity index (χ3n) is 2.18. The van der Waals surface area contributed by atoms with Crippen molar-refractivity contribution in [3.05, 3.63) is 48.6 Å². The van der Waals surface area contributed by atoms with E-state index in [9.17, 15) is 0 Å². The first-order valence-corrected chi connectivity index (χ1v) is 5.48. The summed E-state index contributed by atoms with van der Waals surface area (Å²) in [5.41, 5.74) is 7.94. The SMILES string of the molecule is C=C/C=C\c1c(N)[nH]c2ccccc12.CC. The van der Waals surface area contributed by atoms with Crippen LogP contribution in [0, 0.1) is 0 Å². The van der Waals surface area contributed by atoms with E-state index in [4.69, 9.17) is 5.73 Å². The summed E-state index contributed by atoms with van der Waals surface area (Å²) in [7, 11) is 0. The van der Waals surface area contributed by atoms with Crippen LogP contribution in [0.3, 0.4) is 0 Å². The monoisotopic (exact) mass is 214 g/mol. The number of anilines is 1. The molecule has 0 fully saturated rings. The van der Waals surface area contributed by atoms with Crippen molar-refractivity contribution in [2.75, 3.05) is 5.73 Å². The Morgan fingerprint density at radius 2 is 1.94 bits per heavy atom. The summed E-state index contributed by atoms with van der Waals surface area (Å²) in [6.45, 7) is 7.63. The fourth-order valence-electron chi connectivity index (χ4n) is 1.53. The van der Waals surface area contributed by atoms with Crippen molar-refractivity contribution >= 4 is 22.8 Å². The van der Waals surface area contributed by atoms with Crippen molar-refractivity contribution in [3.63, 3.8) is 0 Å². The van der Waals surface area contributed by atoms with Crippen molar-refractivity contribution in [2.24, 2.45) is 0 Å². The lowest BCUT2D eigenvalue weighted by Crippen LogP contribution is -1.85. The van der Waals surface area contributed by atoms with Gasteiger partial charge in [-0.1, -0.05) is 56.9 Å². The molecule has 0 aliphatic carbocycles. The predicted molar refractivity (Wildman–Crippen MR) is 73.3 cm³/mol. The van der Waals surface area contributed by atoms with Crippen molar-refractivity contribution in [2.45, 2.75) is 13.8 Å². The third kappa shape index (κ3) is 2.34. The predicted octanol–water partition coefficient (Wildman–Crippen LogP) is 3.98. The van der Waals surface area contributed by atoms with Gasteiger partial charge in [-0.05, 0) is 6.07 Å². The number of rotatable bonds is 2. The molecule has 0 saturated heterocycles. The second kappa shape index (κ2) is 5.81. The van der Waals surface area contributed by atoms with Crippen LogP contribution in [0.5, 0.6) is 0 Å². The smallest absolute Gasteiger partial charge is 0.109 e. The number of hydrogen-bond donors (Lipinski definition) is 2. The maximum Gasteiger partial charge on any atom is 0.109 e. The highest BCUT2D eigenvalue weighted by Crippen LogP contribution is 2.24. The van der Waals surface area contributed by atoms with Gasteiger partial charge in [-0.2, -0.15) is 0 Å². The minimum absolute atomic E-state index is 0.698. The molecule has 0 bridgehead atoms. The molecule has 84 valence electrons. The fraction of sp³-hybridized carbons (Fsp3) is 0.143. The molecule has 1 aromatic carbocycles. The van der Waals surface area contributed by atoms with E-state index in [2.05, 4.69) is 11.6 Å². The van der Waals surface area contributed by atoms with E-state index in [-0.39, 0.29) is 0 Å². The first kappa shape index (κ1) is 12.1. The lowest BCUT2D eigenvalue weighted by Gasteiger charge is -1.91. The quantitative estimate of drug-likeness (QED) is 0.729. The summed E-state index contributed by atoms with van der Waals surface area (Å²) in [6.07, 6.45) is 5.58. The van der Waals surface area contributed by atoms with E-state index in [1.165, 1.54) is 0 Å². The van der Waals surface area contributed by atoms with Crippen LogP contribution in [0.1, 0.15) is 19.4 Å². The maximum absolute atomic E-state index is 5.85. The Morgan fingerprint density at radius 3 is 2.62 bits per heavy atom. The molecular formula is C14H18N2. The molecule has 3 N–H and O–H groups in total. The summed E-state index contributed by atoms with van der Waals surface area (Å²) in [6, 6.07) is 8.04. The molecule has 0 saturated carbocycles. The summed E-state index contributed by atoms with van der Waals surface area (Å²) < 4.78 is 0. The van der Waals surface area contributed by atoms with Crippen LogP contribution in [-0.4, -0.2) is 4.98 Å². The van der Waals surface area contributed by atoms with Gasteiger partial charge in [-0.3, -0.25) is 0 Å². The first-order valence-electron chi connectivity index (χ1n) is 5.48. The Bertz CT molecular complexity index is 492. The van der Waals surface area contributed by atoms with Crippen LogP contribution in [0.2, 0.25) is 0 Å². The minimum Gasteiger partial charge on any atom is -0.385 e. The molecule has 0 aliphatic heterocycles. The molecule has 2 rings (SSSR count). The Balaban J connectivity index is 0.000000606. The normalized spacial score (nSPS) is 10.1. The number of nitrogens with one attached hydrogen (secondary N) is 1. The molecule has 0 radical (unpaired) electrons. The number of hydrogen-bond acceptors (Lipinski definition) is 1. The third-order valence-corrected chi connectivity index (χ3v) is 2.18. The van der Waals surface area contributed by atoms with Gasteiger partial charge in [0.05, 0.1) is 0 Å². The van der Waals surface area contributed by atoms with Crippen LogP contribution in [0.25, 0.3) is 17.0 Å². The minimum atomic E-state index is 0.698. The molecule has 2 aromatic rings. The molecule has 2 nitrogen and oxygen atoms in total. The van der Waals surface area contributed by atoms with Gasteiger partial charge >= 0.3 is 0 Å². The second-order valence-corrected chi connectivity index (χ2v) is 3.09. The summed E-state index contributed by atoms with van der Waals surface area (Å²) in [4.78, 5) is 3.13. The van der Waals surface area contributed by atoms with E-state index >= 15 is 0 Å². The molecule has 0 spiro atoms. The molecule has 0 aliphatic rings. The lowest BCUT2D eigenvalue weighted by molar-refractivity contribution is 1.47. The highest BCUT2D eigenvalue weighted by atomic mass is 14.8. The Labute approximate surface area is 96.5 Å². The zero-order chi connectivity index (χ0) is 12.0. The molecule has 2 heteroatoms. The van der Waals surface area contributed by atoms with E-state index in [0.29, 0.717) is 5.82 Å². The van der Waals surface area contributed by atoms with Crippen LogP contribution in [-0.2, 0) is 0 Å². The van der Waals surface area contributed by atoms with Gasteiger partial charge in [0.25, 0.3) is 0 Å². The van der Waals surface area contributed by atoms with Gasteiger partial charge in [0.2, 0.25) is 0 Å². The van der Waals surface area contributed by atoms with Crippen LogP contribution < -0.4 is 5.73 Å². The Kier molecular flexibility index (Phi) is 4.40. The first-order chi connectivity index (χ1) is 7.83. The standard InChI is InChI=1S/C12H12N2.C2H6/c1-2-3-6-10-9-7-4-5-8-11(9)14-12(10)13;1-2/h2-8,14H,1,13H2;1-2H3/b6-3-;. The van der Waals surface area contributed by atoms with Crippen molar-refractivity contribution < 1.29 is 0 Å². The molecule has 1 aromatic heterocycles. The molecule has 16 heavy (non-hydrogen) atoms. The van der Waals surface area contributed by atoms with E-state index in [1.54, 1.807) is 6.08 Å². The molecular weight excluding hydrogens is 196 g/mol. The highest BCUT2D eigenvalue weighted by Gasteiger charge is 2.03. The largest absolute Gasteiger partial charge is 0.385 e. The summed E-state index contributed by atoms with van der Waals surface area (Å²) >= 11 is 0. The summed E-state index contributed by atoms with van der Waals surface area (Å²) in [5.74, 6) is 0.698. The number of para-hydroxylation sites is 1. The number of aromatic amines is 1. The number of nitrogen functional groups attached to an aromatic ring is 1. The lowest BCUT2D eigenvalue weighted by atomic mass is 10.1. The average molecular weight is 214 g/mol. The van der Waals surface area contributed by atoms with Gasteiger partial charge in [-0.15, -0.1) is 0 Å². The van der Waals surface area contributed by atoms with Gasteiger partial charge < -0.3 is 10.7 Å². The zero-order valence-corrected chi connectivity index (χ0v) is 9.83. The van der Waals surface area contributed by atoms with Crippen molar-refractivity contribution in [1.29, 1.82) is 0 Å². The van der Waals surface area contributed by atoms with Crippen LogP contribution in [0.4, 0.5) is 5.82 Å². The van der Waals surface area contributed by atoms with Crippen molar-refractivity contribution in [3.8, 4) is 0 Å². The van der Waals surface area contributed by atoms with Crippen LogP contribution >= 0.6 is 0 Å². The zero-order valence-electron chi connectivity index (χ0n) is 9.83. The molecule has 0 amide bonds. The Hall–Kier alpha value is -1.96. The number of allylic oxidation sites excluding steroid dienone is 2. The molecule has 0 unspecified atom stereocenters. The number of aromatic nitrogens is 1. The summed E-state index contributed by atoms with van der Waals surface area (Å²) in [5, 5.41) is 1.14. The molecule has 1 heterocycles. The van der Waals surface area contributed by atoms with Gasteiger partial charge in [0.15, 0.2) is 0 Å². The maximum atomic E-state index is 5.85. The highest BCUT2D eigenvalue weighted by molar-refractivity contribution is 5.94.